The Kier molecular flexibility index (Phi) is 13.1. The number of rotatable bonds is 1. The quantitative estimate of drug-likeness (QED) is 0.372. The van der Waals surface area contributed by atoms with Gasteiger partial charge in [0.25, 0.3) is 0 Å². The summed E-state index contributed by atoms with van der Waals surface area (Å²) in [6, 6.07) is 3.64. The van der Waals surface area contributed by atoms with Crippen LogP contribution in [0.5, 0.6) is 0 Å². The Hall–Kier alpha value is -1.83. The van der Waals surface area contributed by atoms with Gasteiger partial charge in [-0.3, -0.25) is 0 Å². The van der Waals surface area contributed by atoms with E-state index in [2.05, 4.69) is 6.58 Å². The Bertz CT molecular complexity index is 444. The highest BCUT2D eigenvalue weighted by Gasteiger charge is 2.21. The van der Waals surface area contributed by atoms with E-state index in [0.29, 0.717) is 5.56 Å². The van der Waals surface area contributed by atoms with Crippen LogP contribution in [0.4, 0.5) is 60.6 Å². The Morgan fingerprint density at radius 2 is 0.880 bits per heavy atom. The zero-order chi connectivity index (χ0) is 21.1. The lowest BCUT2D eigenvalue weighted by Crippen LogP contribution is -2.02. The van der Waals surface area contributed by atoms with Crippen LogP contribution in [-0.2, 0) is 0 Å². The second kappa shape index (κ2) is 11.7. The minimum absolute atomic E-state index is 0.582. The highest BCUT2D eigenvalue weighted by atomic mass is 19.5. The van der Waals surface area contributed by atoms with Gasteiger partial charge in [-0.2, -0.15) is 0 Å². The van der Waals surface area contributed by atoms with Gasteiger partial charge in [0, 0.05) is 0 Å². The van der Waals surface area contributed by atoms with Crippen LogP contribution in [0.15, 0.2) is 24.8 Å². The van der Waals surface area contributed by atoms with Crippen molar-refractivity contribution in [2.24, 2.45) is 0 Å². The maximum absolute atomic E-state index is 12.3. The monoisotopic (exact) mass is 401 g/mol. The summed E-state index contributed by atoms with van der Waals surface area (Å²) in [6.45, 7) is 3.41. The molecule has 0 bridgehead atoms. The van der Waals surface area contributed by atoms with Crippen LogP contribution < -0.4 is 0 Å². The minimum Gasteiger partial charge on any atom is -0.418 e. The van der Waals surface area contributed by atoms with E-state index < -0.39 is 33.4 Å². The van der Waals surface area contributed by atoms with Crippen molar-refractivity contribution in [2.75, 3.05) is 0 Å². The van der Waals surface area contributed by atoms with E-state index in [-0.39, 0.29) is 0 Å². The van der Waals surface area contributed by atoms with Crippen LogP contribution in [0.25, 0.3) is 6.08 Å². The third kappa shape index (κ3) is 52.0. The predicted molar refractivity (Wildman–Crippen MR) is 67.0 cm³/mol. The molecule has 0 radical (unpaired) electrons. The average molecular weight is 401 g/mol. The maximum atomic E-state index is 12.3. The molecule has 0 saturated heterocycles. The zero-order valence-corrected chi connectivity index (χ0v) is 11.5. The van der Waals surface area contributed by atoms with Gasteiger partial charge < -0.3 is 51.8 Å². The summed E-state index contributed by atoms with van der Waals surface area (Å²) < 4.78 is 142. The van der Waals surface area contributed by atoms with Crippen LogP contribution >= 0.6 is 0 Å². The van der Waals surface area contributed by atoms with E-state index in [1.54, 1.807) is 0 Å². The molecule has 0 fully saturated rings. The predicted octanol–water partition coefficient (Wildman–Crippen LogP) is 6.51. The molecular formula is C8H6B3F14-3. The molecular weight excluding hydrogens is 394 g/mol. The molecule has 148 valence electrons. The first kappa shape index (κ1) is 28.0. The Balaban J connectivity index is -0.000000279. The fourth-order valence-electron chi connectivity index (χ4n) is 0.639. The van der Waals surface area contributed by atoms with Crippen molar-refractivity contribution in [2.45, 2.75) is 0 Å². The Morgan fingerprint density at radius 1 is 0.600 bits per heavy atom. The lowest BCUT2D eigenvalue weighted by molar-refractivity contribution is 0.366. The molecule has 17 heteroatoms. The van der Waals surface area contributed by atoms with Crippen molar-refractivity contribution < 1.29 is 60.6 Å². The molecule has 0 aliphatic heterocycles. The lowest BCUT2D eigenvalue weighted by atomic mass is 10.2. The van der Waals surface area contributed by atoms with Gasteiger partial charge in [0.1, 0.15) is 0 Å². The molecule has 1 aromatic rings. The molecule has 0 atom stereocenters. The molecule has 1 aromatic carbocycles. The molecule has 25 heavy (non-hydrogen) atoms. The fourth-order valence-corrected chi connectivity index (χ4v) is 0.639. The van der Waals surface area contributed by atoms with Crippen molar-refractivity contribution in [1.29, 1.82) is 0 Å². The first-order chi connectivity index (χ1) is 10.7. The molecule has 0 spiro atoms. The van der Waals surface area contributed by atoms with E-state index in [4.69, 9.17) is 0 Å². The van der Waals surface area contributed by atoms with E-state index in [1.807, 2.05) is 0 Å². The molecule has 0 aliphatic carbocycles. The fraction of sp³-hybridized carbons (Fsp3) is 0. The van der Waals surface area contributed by atoms with Crippen LogP contribution in [0, 0.1) is 11.6 Å². The summed E-state index contributed by atoms with van der Waals surface area (Å²) in [4.78, 5) is 0. The maximum Gasteiger partial charge on any atom is 0.673 e. The van der Waals surface area contributed by atoms with Gasteiger partial charge in [-0.15, -0.1) is 0 Å². The standard InChI is InChI=1S/C8H6F2.3BF4/c1-2-6-3-4-7(9)8(10)5-6;3*2-1(3,4)5/h2-5H,1H2;;;/q;3*-1. The first-order valence-corrected chi connectivity index (χ1v) is 5.43. The van der Waals surface area contributed by atoms with E-state index in [9.17, 15) is 60.6 Å². The molecule has 0 N–H and O–H groups in total. The summed E-state index contributed by atoms with van der Waals surface area (Å²) in [5.74, 6) is -1.66. The molecule has 0 nitrogen and oxygen atoms in total. The van der Waals surface area contributed by atoms with Crippen molar-refractivity contribution in [3.63, 3.8) is 0 Å². The normalized spacial score (nSPS) is 11.0. The minimum atomic E-state index is -6.00. The van der Waals surface area contributed by atoms with Gasteiger partial charge in [-0.1, -0.05) is 18.7 Å². The summed E-state index contributed by atoms with van der Waals surface area (Å²) in [5.41, 5.74) is 0.582. The number of hydrogen-bond acceptors (Lipinski definition) is 0. The lowest BCUT2D eigenvalue weighted by Gasteiger charge is -1.94. The van der Waals surface area contributed by atoms with Crippen molar-refractivity contribution in [3.8, 4) is 0 Å². The van der Waals surface area contributed by atoms with Gasteiger partial charge in [-0.25, -0.2) is 8.78 Å². The smallest absolute Gasteiger partial charge is 0.418 e. The van der Waals surface area contributed by atoms with Crippen molar-refractivity contribution in [3.05, 3.63) is 42.0 Å². The van der Waals surface area contributed by atoms with Crippen molar-refractivity contribution in [1.82, 2.24) is 0 Å². The summed E-state index contributed by atoms with van der Waals surface area (Å²) in [6.07, 6.45) is 1.46. The van der Waals surface area contributed by atoms with E-state index in [1.165, 1.54) is 12.1 Å². The Morgan fingerprint density at radius 3 is 1.08 bits per heavy atom. The summed E-state index contributed by atoms with van der Waals surface area (Å²) >= 11 is 0. The number of halogens is 14. The van der Waals surface area contributed by atoms with Gasteiger partial charge in [-0.05, 0) is 17.7 Å². The zero-order valence-electron chi connectivity index (χ0n) is 11.5. The van der Waals surface area contributed by atoms with E-state index in [0.717, 1.165) is 12.1 Å². The van der Waals surface area contributed by atoms with Crippen molar-refractivity contribution >= 4 is 27.8 Å². The van der Waals surface area contributed by atoms with E-state index >= 15 is 0 Å². The van der Waals surface area contributed by atoms with Crippen LogP contribution in [0.2, 0.25) is 0 Å². The van der Waals surface area contributed by atoms with Gasteiger partial charge >= 0.3 is 21.8 Å². The second-order valence-corrected chi connectivity index (χ2v) is 3.36. The highest BCUT2D eigenvalue weighted by Crippen LogP contribution is 2.09. The van der Waals surface area contributed by atoms with Gasteiger partial charge in [0.2, 0.25) is 0 Å². The molecule has 0 amide bonds. The number of hydrogen-bond donors (Lipinski definition) is 0. The highest BCUT2D eigenvalue weighted by molar-refractivity contribution is 6.50. The van der Waals surface area contributed by atoms with Crippen LogP contribution in [0.1, 0.15) is 5.56 Å². The topological polar surface area (TPSA) is 0 Å². The average Bonchev–Trinajstić information content (AvgIpc) is 2.26. The molecule has 0 aromatic heterocycles. The number of benzene rings is 1. The molecule has 0 saturated carbocycles. The summed E-state index contributed by atoms with van der Waals surface area (Å²) in [5, 5.41) is 0. The van der Waals surface area contributed by atoms with Crippen LogP contribution in [-0.4, -0.2) is 21.8 Å². The van der Waals surface area contributed by atoms with Gasteiger partial charge in [0.05, 0.1) is 0 Å². The largest absolute Gasteiger partial charge is 0.673 e. The Labute approximate surface area is 131 Å². The van der Waals surface area contributed by atoms with Crippen LogP contribution in [0.3, 0.4) is 0 Å². The second-order valence-electron chi connectivity index (χ2n) is 3.36. The molecule has 1 rings (SSSR count). The first-order valence-electron chi connectivity index (χ1n) is 5.43. The molecule has 0 unspecified atom stereocenters. The molecule has 0 aliphatic rings. The SMILES string of the molecule is C=Cc1ccc(F)c(F)c1.F[B-](F)(F)F.F[B-](F)(F)F.F[B-](F)(F)F. The van der Waals surface area contributed by atoms with Gasteiger partial charge in [0.15, 0.2) is 11.6 Å². The third-order valence-corrected chi connectivity index (χ3v) is 1.18. The summed E-state index contributed by atoms with van der Waals surface area (Å²) in [7, 11) is -18.0. The molecule has 0 heterocycles. The third-order valence-electron chi connectivity index (χ3n) is 1.18.